The van der Waals surface area contributed by atoms with E-state index in [1.165, 1.54) is 0 Å². The average molecular weight is 143 g/mol. The summed E-state index contributed by atoms with van der Waals surface area (Å²) in [4.78, 5) is 0. The Labute approximate surface area is 63.0 Å². The highest BCUT2D eigenvalue weighted by molar-refractivity contribution is 4.82. The zero-order chi connectivity index (χ0) is 7.78. The minimum absolute atomic E-state index is 0.0463. The molecule has 1 saturated heterocycles. The molecule has 60 valence electrons. The van der Waals surface area contributed by atoms with Gasteiger partial charge < -0.3 is 4.74 Å². The van der Waals surface area contributed by atoms with Gasteiger partial charge in [-0.3, -0.25) is 5.32 Å². The number of nitrogens with one attached hydrogen (secondary N) is 1. The molecule has 0 bridgehead atoms. The Kier molecular flexibility index (Phi) is 2.02. The topological polar surface area (TPSA) is 21.3 Å². The molecule has 0 radical (unpaired) electrons. The summed E-state index contributed by atoms with van der Waals surface area (Å²) < 4.78 is 5.67. The van der Waals surface area contributed by atoms with Crippen LogP contribution < -0.4 is 5.32 Å². The normalized spacial score (nSPS) is 39.6. The van der Waals surface area contributed by atoms with Gasteiger partial charge in [0.1, 0.15) is 6.23 Å². The number of hydrogen-bond donors (Lipinski definition) is 1. The van der Waals surface area contributed by atoms with Crippen LogP contribution in [0.2, 0.25) is 0 Å². The van der Waals surface area contributed by atoms with Crippen LogP contribution in [0.4, 0.5) is 0 Å². The molecule has 1 aliphatic rings. The largest absolute Gasteiger partial charge is 0.357 e. The highest BCUT2D eigenvalue weighted by Gasteiger charge is 2.32. The molecule has 0 aliphatic carbocycles. The van der Waals surface area contributed by atoms with E-state index in [4.69, 9.17) is 4.74 Å². The first-order valence-corrected chi connectivity index (χ1v) is 3.93. The molecule has 1 rings (SSSR count). The molecule has 0 amide bonds. The molecule has 0 aromatic rings. The van der Waals surface area contributed by atoms with E-state index in [9.17, 15) is 0 Å². The smallest absolute Gasteiger partial charge is 0.106 e. The summed E-state index contributed by atoms with van der Waals surface area (Å²) >= 11 is 0. The third kappa shape index (κ3) is 1.50. The lowest BCUT2D eigenvalue weighted by atomic mass is 9.91. The lowest BCUT2D eigenvalue weighted by Gasteiger charge is -2.40. The number of ether oxygens (including phenoxy) is 1. The van der Waals surface area contributed by atoms with Crippen LogP contribution in [-0.2, 0) is 4.74 Å². The van der Waals surface area contributed by atoms with Crippen molar-refractivity contribution in [2.24, 2.45) is 5.92 Å². The van der Waals surface area contributed by atoms with Crippen molar-refractivity contribution in [2.45, 2.75) is 39.5 Å². The lowest BCUT2D eigenvalue weighted by Crippen LogP contribution is -2.51. The van der Waals surface area contributed by atoms with E-state index < -0.39 is 0 Å². The van der Waals surface area contributed by atoms with E-state index in [1.807, 2.05) is 6.92 Å². The molecule has 1 aliphatic heterocycles. The zero-order valence-electron chi connectivity index (χ0n) is 7.27. The third-order valence-electron chi connectivity index (χ3n) is 2.38. The number of hydrogen-bond acceptors (Lipinski definition) is 2. The van der Waals surface area contributed by atoms with Gasteiger partial charge in [-0.05, 0) is 26.7 Å². The van der Waals surface area contributed by atoms with Crippen LogP contribution in [-0.4, -0.2) is 18.4 Å². The molecule has 0 aromatic carbocycles. The van der Waals surface area contributed by atoms with Crippen molar-refractivity contribution >= 4 is 0 Å². The van der Waals surface area contributed by atoms with E-state index in [0.717, 1.165) is 6.54 Å². The Hall–Kier alpha value is -0.0800. The maximum atomic E-state index is 5.67. The summed E-state index contributed by atoms with van der Waals surface area (Å²) in [6.07, 6.45) is 0.214. The van der Waals surface area contributed by atoms with Gasteiger partial charge in [-0.2, -0.15) is 0 Å². The maximum Gasteiger partial charge on any atom is 0.106 e. The highest BCUT2D eigenvalue weighted by Crippen LogP contribution is 2.24. The van der Waals surface area contributed by atoms with Crippen LogP contribution in [0.15, 0.2) is 0 Å². The molecule has 1 N–H and O–H groups in total. The van der Waals surface area contributed by atoms with Crippen LogP contribution in [0.25, 0.3) is 0 Å². The van der Waals surface area contributed by atoms with E-state index in [0.29, 0.717) is 5.92 Å². The highest BCUT2D eigenvalue weighted by atomic mass is 16.5. The van der Waals surface area contributed by atoms with Crippen molar-refractivity contribution < 1.29 is 4.74 Å². The first-order valence-electron chi connectivity index (χ1n) is 3.93. The van der Waals surface area contributed by atoms with Crippen LogP contribution in [0.1, 0.15) is 27.7 Å². The second-order valence-electron chi connectivity index (χ2n) is 3.67. The molecule has 0 aromatic heterocycles. The molecule has 2 heteroatoms. The second kappa shape index (κ2) is 2.51. The van der Waals surface area contributed by atoms with Crippen molar-refractivity contribution in [1.29, 1.82) is 0 Å². The fourth-order valence-electron chi connectivity index (χ4n) is 1.20. The quantitative estimate of drug-likeness (QED) is 0.553. The van der Waals surface area contributed by atoms with Gasteiger partial charge in [-0.15, -0.1) is 0 Å². The molecule has 2 unspecified atom stereocenters. The molecule has 10 heavy (non-hydrogen) atoms. The fraction of sp³-hybridized carbons (Fsp3) is 1.00. The van der Waals surface area contributed by atoms with Crippen LogP contribution in [0, 0.1) is 5.92 Å². The minimum Gasteiger partial charge on any atom is -0.357 e. The number of rotatable bonds is 0. The minimum atomic E-state index is 0.0463. The zero-order valence-corrected chi connectivity index (χ0v) is 7.27. The van der Waals surface area contributed by atoms with Gasteiger partial charge in [-0.1, -0.05) is 6.92 Å². The Balaban J connectivity index is 2.55. The van der Waals surface area contributed by atoms with Gasteiger partial charge in [-0.25, -0.2) is 0 Å². The monoisotopic (exact) mass is 143 g/mol. The molecule has 0 saturated carbocycles. The van der Waals surface area contributed by atoms with E-state index in [-0.39, 0.29) is 11.8 Å². The van der Waals surface area contributed by atoms with Gasteiger partial charge in [0.2, 0.25) is 0 Å². The summed E-state index contributed by atoms with van der Waals surface area (Å²) in [7, 11) is 0. The first kappa shape index (κ1) is 8.02. The van der Waals surface area contributed by atoms with Gasteiger partial charge in [0, 0.05) is 6.54 Å². The van der Waals surface area contributed by atoms with Crippen molar-refractivity contribution in [2.75, 3.05) is 6.54 Å². The molecule has 1 heterocycles. The lowest BCUT2D eigenvalue weighted by molar-refractivity contribution is -0.136. The van der Waals surface area contributed by atoms with Crippen LogP contribution in [0.5, 0.6) is 0 Å². The van der Waals surface area contributed by atoms with Crippen LogP contribution >= 0.6 is 0 Å². The molecule has 2 atom stereocenters. The van der Waals surface area contributed by atoms with Crippen molar-refractivity contribution in [3.63, 3.8) is 0 Å². The van der Waals surface area contributed by atoms with E-state index in [1.54, 1.807) is 0 Å². The average Bonchev–Trinajstić information content (AvgIpc) is 1.78. The first-order chi connectivity index (χ1) is 4.52. The third-order valence-corrected chi connectivity index (χ3v) is 2.38. The molecular weight excluding hydrogens is 126 g/mol. The molecule has 2 nitrogen and oxygen atoms in total. The van der Waals surface area contributed by atoms with Crippen LogP contribution in [0.3, 0.4) is 0 Å². The standard InChI is InChI=1S/C8H17NO/c1-6-5-9-7(2)10-8(6,3)4/h6-7,9H,5H2,1-4H3. The van der Waals surface area contributed by atoms with Gasteiger partial charge in [0.15, 0.2) is 0 Å². The Bertz CT molecular complexity index is 122. The summed E-state index contributed by atoms with van der Waals surface area (Å²) in [5.41, 5.74) is 0.0463. The maximum absolute atomic E-state index is 5.67. The fourth-order valence-corrected chi connectivity index (χ4v) is 1.20. The summed E-state index contributed by atoms with van der Waals surface area (Å²) in [6, 6.07) is 0. The predicted octanol–water partition coefficient (Wildman–Crippen LogP) is 1.37. The van der Waals surface area contributed by atoms with Gasteiger partial charge >= 0.3 is 0 Å². The SMILES string of the molecule is CC1NCC(C)C(C)(C)O1. The predicted molar refractivity (Wildman–Crippen MR) is 41.8 cm³/mol. The molecule has 1 fully saturated rings. The summed E-state index contributed by atoms with van der Waals surface area (Å²) in [6.45, 7) is 9.62. The van der Waals surface area contributed by atoms with Crippen molar-refractivity contribution in [3.8, 4) is 0 Å². The Morgan fingerprint density at radius 3 is 2.40 bits per heavy atom. The van der Waals surface area contributed by atoms with E-state index in [2.05, 4.69) is 26.1 Å². The van der Waals surface area contributed by atoms with Crippen molar-refractivity contribution in [3.05, 3.63) is 0 Å². The van der Waals surface area contributed by atoms with Gasteiger partial charge in [0.25, 0.3) is 0 Å². The van der Waals surface area contributed by atoms with Gasteiger partial charge in [0.05, 0.1) is 5.60 Å². The summed E-state index contributed by atoms with van der Waals surface area (Å²) in [5, 5.41) is 3.27. The van der Waals surface area contributed by atoms with Crippen molar-refractivity contribution in [1.82, 2.24) is 5.32 Å². The molecule has 0 spiro atoms. The summed E-state index contributed by atoms with van der Waals surface area (Å²) in [5.74, 6) is 0.601. The van der Waals surface area contributed by atoms with E-state index >= 15 is 0 Å². The molecular formula is C8H17NO. The Morgan fingerprint density at radius 1 is 1.40 bits per heavy atom. The second-order valence-corrected chi connectivity index (χ2v) is 3.67. The Morgan fingerprint density at radius 2 is 2.00 bits per heavy atom.